The summed E-state index contributed by atoms with van der Waals surface area (Å²) in [6.07, 6.45) is 0.883. The van der Waals surface area contributed by atoms with Crippen molar-refractivity contribution in [2.45, 2.75) is 25.9 Å². The van der Waals surface area contributed by atoms with Crippen molar-refractivity contribution in [2.24, 2.45) is 4.99 Å². The molecule has 3 rings (SSSR count). The van der Waals surface area contributed by atoms with E-state index in [2.05, 4.69) is 21.7 Å². The molecule has 6 nitrogen and oxygen atoms in total. The lowest BCUT2D eigenvalue weighted by atomic mass is 10.1. The third-order valence-electron chi connectivity index (χ3n) is 4.56. The van der Waals surface area contributed by atoms with E-state index >= 15 is 0 Å². The van der Waals surface area contributed by atoms with Gasteiger partial charge in [0.2, 0.25) is 5.91 Å². The number of aliphatic imine (C=N–C) groups is 1. The van der Waals surface area contributed by atoms with E-state index in [1.807, 2.05) is 42.6 Å². The molecule has 0 bridgehead atoms. The zero-order valence-electron chi connectivity index (χ0n) is 15.7. The quantitative estimate of drug-likeness (QED) is 0.525. The number of carbonyl (C=O) groups excluding carboxylic acids is 1. The van der Waals surface area contributed by atoms with Crippen LogP contribution in [-0.2, 0) is 16.8 Å². The van der Waals surface area contributed by atoms with Crippen molar-refractivity contribution in [2.75, 3.05) is 31.1 Å². The topological polar surface area (TPSA) is 77.0 Å². The minimum Gasteiger partial charge on any atom is -0.383 e. The molecule has 0 radical (unpaired) electrons. The minimum atomic E-state index is -0.998. The number of amides is 1. The van der Waals surface area contributed by atoms with Crippen LogP contribution in [0.5, 0.6) is 0 Å². The molecule has 1 atom stereocenters. The maximum atomic E-state index is 12.6. The van der Waals surface area contributed by atoms with E-state index in [9.17, 15) is 9.90 Å². The number of anilines is 1. The van der Waals surface area contributed by atoms with E-state index in [4.69, 9.17) is 0 Å². The van der Waals surface area contributed by atoms with Crippen LogP contribution in [0.2, 0.25) is 0 Å². The molecule has 0 spiro atoms. The number of fused-ring (bicyclic) bond motifs is 1. The highest BCUT2D eigenvalue weighted by Gasteiger charge is 2.25. The lowest BCUT2D eigenvalue weighted by Crippen LogP contribution is -2.45. The Labute approximate surface area is 163 Å². The smallest absolute Gasteiger partial charge is 0.248 e. The molecule has 1 amide bonds. The van der Waals surface area contributed by atoms with Gasteiger partial charge in [-0.15, -0.1) is 11.3 Å². The molecule has 1 unspecified atom stereocenters. The van der Waals surface area contributed by atoms with E-state index in [-0.39, 0.29) is 12.5 Å². The van der Waals surface area contributed by atoms with Crippen LogP contribution in [0.1, 0.15) is 24.3 Å². The monoisotopic (exact) mass is 386 g/mol. The molecule has 27 heavy (non-hydrogen) atoms. The molecule has 1 aliphatic heterocycles. The van der Waals surface area contributed by atoms with Crippen molar-refractivity contribution in [1.82, 2.24) is 10.6 Å². The van der Waals surface area contributed by atoms with Crippen molar-refractivity contribution < 1.29 is 9.90 Å². The first-order chi connectivity index (χ1) is 13.0. The fraction of sp³-hybridized carbons (Fsp3) is 0.400. The van der Waals surface area contributed by atoms with Gasteiger partial charge in [-0.1, -0.05) is 24.3 Å². The zero-order valence-corrected chi connectivity index (χ0v) is 16.6. The number of thiophene rings is 1. The molecule has 2 heterocycles. The molecule has 0 aliphatic carbocycles. The summed E-state index contributed by atoms with van der Waals surface area (Å²) >= 11 is 1.51. The molecule has 1 aromatic heterocycles. The number of nitrogens with one attached hydrogen (secondary N) is 2. The molecular formula is C20H26N4O2S. The van der Waals surface area contributed by atoms with Crippen molar-refractivity contribution in [3.05, 3.63) is 52.2 Å². The number of rotatable bonds is 6. The largest absolute Gasteiger partial charge is 0.383 e. The Balaban J connectivity index is 1.61. The van der Waals surface area contributed by atoms with Gasteiger partial charge in [-0.2, -0.15) is 0 Å². The Morgan fingerprint density at radius 2 is 2.11 bits per heavy atom. The van der Waals surface area contributed by atoms with Crippen LogP contribution >= 0.6 is 11.3 Å². The van der Waals surface area contributed by atoms with Crippen LogP contribution < -0.4 is 15.5 Å². The van der Waals surface area contributed by atoms with Crippen molar-refractivity contribution in [3.63, 3.8) is 0 Å². The molecule has 1 aliphatic rings. The SMILES string of the molecule is CCNC(=NCC(=O)N1CCc2ccccc21)NCC(C)(O)c1cccs1. The van der Waals surface area contributed by atoms with Gasteiger partial charge in [-0.05, 0) is 43.3 Å². The van der Waals surface area contributed by atoms with Crippen LogP contribution in [0, 0.1) is 0 Å². The Morgan fingerprint density at radius 3 is 2.85 bits per heavy atom. The molecule has 3 N–H and O–H groups in total. The van der Waals surface area contributed by atoms with Gasteiger partial charge < -0.3 is 20.6 Å². The Bertz CT molecular complexity index is 802. The van der Waals surface area contributed by atoms with E-state index in [1.165, 1.54) is 16.9 Å². The highest BCUT2D eigenvalue weighted by molar-refractivity contribution is 7.10. The predicted octanol–water partition coefficient (Wildman–Crippen LogP) is 2.10. The van der Waals surface area contributed by atoms with Crippen LogP contribution in [-0.4, -0.2) is 43.2 Å². The summed E-state index contributed by atoms with van der Waals surface area (Å²) in [7, 11) is 0. The van der Waals surface area contributed by atoms with Crippen molar-refractivity contribution in [3.8, 4) is 0 Å². The van der Waals surface area contributed by atoms with E-state index in [0.717, 1.165) is 17.0 Å². The summed E-state index contributed by atoms with van der Waals surface area (Å²) in [5.74, 6) is 0.498. The maximum absolute atomic E-state index is 12.6. The second-order valence-electron chi connectivity index (χ2n) is 6.72. The first-order valence-electron chi connectivity index (χ1n) is 9.18. The van der Waals surface area contributed by atoms with Gasteiger partial charge in [0, 0.05) is 23.7 Å². The first-order valence-corrected chi connectivity index (χ1v) is 10.1. The second kappa shape index (κ2) is 8.54. The summed E-state index contributed by atoms with van der Waals surface area (Å²) in [5, 5.41) is 18.8. The van der Waals surface area contributed by atoms with Gasteiger partial charge in [0.1, 0.15) is 12.1 Å². The van der Waals surface area contributed by atoms with Crippen molar-refractivity contribution >= 4 is 28.9 Å². The summed E-state index contributed by atoms with van der Waals surface area (Å²) in [6, 6.07) is 11.8. The average Bonchev–Trinajstić information content (AvgIpc) is 3.34. The number of nitrogens with zero attached hydrogens (tertiary/aromatic N) is 2. The molecule has 0 fully saturated rings. The molecular weight excluding hydrogens is 360 g/mol. The van der Waals surface area contributed by atoms with E-state index in [1.54, 1.807) is 11.8 Å². The first kappa shape index (κ1) is 19.4. The third kappa shape index (κ3) is 4.67. The highest BCUT2D eigenvalue weighted by Crippen LogP contribution is 2.27. The molecule has 1 aromatic carbocycles. The molecule has 144 valence electrons. The van der Waals surface area contributed by atoms with Gasteiger partial charge in [-0.3, -0.25) is 4.79 Å². The van der Waals surface area contributed by atoms with Gasteiger partial charge in [0.25, 0.3) is 0 Å². The summed E-state index contributed by atoms with van der Waals surface area (Å²) < 4.78 is 0. The summed E-state index contributed by atoms with van der Waals surface area (Å²) in [6.45, 7) is 5.47. The predicted molar refractivity (Wildman–Crippen MR) is 110 cm³/mol. The number of hydrogen-bond donors (Lipinski definition) is 3. The van der Waals surface area contributed by atoms with Gasteiger partial charge in [0.05, 0.1) is 6.54 Å². The van der Waals surface area contributed by atoms with E-state index < -0.39 is 5.60 Å². The van der Waals surface area contributed by atoms with Gasteiger partial charge in [-0.25, -0.2) is 4.99 Å². The molecule has 7 heteroatoms. The lowest BCUT2D eigenvalue weighted by Gasteiger charge is -2.24. The standard InChI is InChI=1S/C20H26N4O2S/c1-3-21-19(23-14-20(2,26)17-9-6-12-27-17)22-13-18(25)24-11-10-15-7-4-5-8-16(15)24/h4-9,12,26H,3,10-11,13-14H2,1-2H3,(H2,21,22,23). The molecule has 2 aromatic rings. The number of guanidine groups is 1. The van der Waals surface area contributed by atoms with Crippen LogP contribution in [0.15, 0.2) is 46.8 Å². The average molecular weight is 387 g/mol. The van der Waals surface area contributed by atoms with Gasteiger partial charge >= 0.3 is 0 Å². The third-order valence-corrected chi connectivity index (χ3v) is 5.68. The number of benzene rings is 1. The fourth-order valence-electron chi connectivity index (χ4n) is 3.10. The highest BCUT2D eigenvalue weighted by atomic mass is 32.1. The van der Waals surface area contributed by atoms with Crippen LogP contribution in [0.4, 0.5) is 5.69 Å². The fourth-order valence-corrected chi connectivity index (χ4v) is 3.89. The normalized spacial score (nSPS) is 16.0. The Morgan fingerprint density at radius 1 is 1.30 bits per heavy atom. The van der Waals surface area contributed by atoms with E-state index in [0.29, 0.717) is 25.6 Å². The molecule has 0 saturated heterocycles. The van der Waals surface area contributed by atoms with Crippen LogP contribution in [0.25, 0.3) is 0 Å². The van der Waals surface area contributed by atoms with Crippen molar-refractivity contribution in [1.29, 1.82) is 0 Å². The lowest BCUT2D eigenvalue weighted by molar-refractivity contribution is -0.117. The summed E-state index contributed by atoms with van der Waals surface area (Å²) in [4.78, 5) is 19.7. The zero-order chi connectivity index (χ0) is 19.3. The number of carbonyl (C=O) groups is 1. The maximum Gasteiger partial charge on any atom is 0.248 e. The number of para-hydroxylation sites is 1. The van der Waals surface area contributed by atoms with Crippen LogP contribution in [0.3, 0.4) is 0 Å². The number of aliphatic hydroxyl groups is 1. The molecule has 0 saturated carbocycles. The summed E-state index contributed by atoms with van der Waals surface area (Å²) in [5.41, 5.74) is 1.19. The Hall–Kier alpha value is -2.38. The Kier molecular flexibility index (Phi) is 6.13. The number of hydrogen-bond acceptors (Lipinski definition) is 4. The minimum absolute atomic E-state index is 0.0258. The van der Waals surface area contributed by atoms with Gasteiger partial charge in [0.15, 0.2) is 5.96 Å². The second-order valence-corrected chi connectivity index (χ2v) is 7.67.